The van der Waals surface area contributed by atoms with Gasteiger partial charge >= 0.3 is 0 Å². The summed E-state index contributed by atoms with van der Waals surface area (Å²) in [7, 11) is 3.72. The molecule has 6 nitrogen and oxygen atoms in total. The molecule has 1 saturated carbocycles. The minimum atomic E-state index is -0.647. The number of nitrogens with zero attached hydrogens (tertiary/aromatic N) is 4. The Kier molecular flexibility index (Phi) is 3.35. The largest absolute Gasteiger partial charge is 0.373 e. The van der Waals surface area contributed by atoms with Gasteiger partial charge in [-0.15, -0.1) is 0 Å². The number of nitrogen functional groups attached to an aromatic ring is 1. The van der Waals surface area contributed by atoms with Crippen LogP contribution in [0.1, 0.15) is 43.6 Å². The number of rotatable bonds is 3. The molecule has 3 rings (SSSR count). The summed E-state index contributed by atoms with van der Waals surface area (Å²) >= 11 is 0. The van der Waals surface area contributed by atoms with E-state index in [9.17, 15) is 5.11 Å². The number of hydrogen-bond donors (Lipinski definition) is 2. The van der Waals surface area contributed by atoms with Crippen molar-refractivity contribution in [3.8, 4) is 0 Å². The van der Waals surface area contributed by atoms with Crippen LogP contribution in [-0.2, 0) is 0 Å². The molecular weight excluding hydrogens is 254 g/mol. The first-order valence-electron chi connectivity index (χ1n) is 7.06. The fourth-order valence-corrected chi connectivity index (χ4v) is 3.05. The predicted molar refractivity (Wildman–Crippen MR) is 78.1 cm³/mol. The minimum Gasteiger partial charge on any atom is -0.373 e. The Morgan fingerprint density at radius 1 is 1.40 bits per heavy atom. The Balaban J connectivity index is 2.19. The number of anilines is 1. The van der Waals surface area contributed by atoms with Crippen LogP contribution in [-0.4, -0.2) is 38.6 Å². The van der Waals surface area contributed by atoms with Crippen molar-refractivity contribution >= 4 is 17.0 Å². The van der Waals surface area contributed by atoms with Crippen LogP contribution >= 0.6 is 0 Å². The quantitative estimate of drug-likeness (QED) is 0.833. The molecule has 1 aliphatic carbocycles. The standard InChI is InChI=1S/C14H21N5O/c1-18(2)13(20)11-7-9-8-16-14(15)17-12(9)19(11)10-5-3-4-6-10/h7-8,10,13,20H,3-6H2,1-2H3,(H2,15,16,17). The average Bonchev–Trinajstić information content (AvgIpc) is 3.03. The van der Waals surface area contributed by atoms with Gasteiger partial charge in [0.25, 0.3) is 0 Å². The summed E-state index contributed by atoms with van der Waals surface area (Å²) in [5.74, 6) is 0.278. The third kappa shape index (κ3) is 2.14. The van der Waals surface area contributed by atoms with Gasteiger partial charge in [-0.1, -0.05) is 12.8 Å². The molecule has 1 fully saturated rings. The van der Waals surface area contributed by atoms with Crippen LogP contribution in [0.5, 0.6) is 0 Å². The van der Waals surface area contributed by atoms with Crippen molar-refractivity contribution in [2.45, 2.75) is 38.0 Å². The lowest BCUT2D eigenvalue weighted by Gasteiger charge is -2.24. The van der Waals surface area contributed by atoms with Gasteiger partial charge in [-0.05, 0) is 33.0 Å². The molecule has 0 saturated heterocycles. The highest BCUT2D eigenvalue weighted by Gasteiger charge is 2.26. The number of aliphatic hydroxyl groups is 1. The zero-order chi connectivity index (χ0) is 14.3. The van der Waals surface area contributed by atoms with Crippen LogP contribution in [0.15, 0.2) is 12.3 Å². The molecule has 0 radical (unpaired) electrons. The lowest BCUT2D eigenvalue weighted by Crippen LogP contribution is -2.23. The van der Waals surface area contributed by atoms with Gasteiger partial charge in [0.15, 0.2) is 0 Å². The van der Waals surface area contributed by atoms with E-state index in [1.807, 2.05) is 20.2 Å². The summed E-state index contributed by atoms with van der Waals surface area (Å²) in [5, 5.41) is 11.4. The molecule has 0 bridgehead atoms. The highest BCUT2D eigenvalue weighted by molar-refractivity contribution is 5.78. The predicted octanol–water partition coefficient (Wildman–Crippen LogP) is 1.68. The van der Waals surface area contributed by atoms with Crippen molar-refractivity contribution in [3.63, 3.8) is 0 Å². The molecule has 0 aliphatic heterocycles. The summed E-state index contributed by atoms with van der Waals surface area (Å²) in [6, 6.07) is 2.36. The third-order valence-electron chi connectivity index (χ3n) is 4.07. The van der Waals surface area contributed by atoms with Crippen molar-refractivity contribution < 1.29 is 5.11 Å². The van der Waals surface area contributed by atoms with Crippen molar-refractivity contribution in [2.75, 3.05) is 19.8 Å². The van der Waals surface area contributed by atoms with Gasteiger partial charge in [-0.2, -0.15) is 4.98 Å². The monoisotopic (exact) mass is 275 g/mol. The molecule has 2 aromatic rings. The van der Waals surface area contributed by atoms with Gasteiger partial charge in [0.05, 0.1) is 5.69 Å². The van der Waals surface area contributed by atoms with Gasteiger partial charge in [0.1, 0.15) is 11.9 Å². The van der Waals surface area contributed by atoms with E-state index in [0.29, 0.717) is 6.04 Å². The fraction of sp³-hybridized carbons (Fsp3) is 0.571. The van der Waals surface area contributed by atoms with E-state index in [0.717, 1.165) is 29.6 Å². The second-order valence-electron chi connectivity index (χ2n) is 5.72. The molecule has 20 heavy (non-hydrogen) atoms. The molecule has 1 unspecified atom stereocenters. The molecule has 0 aromatic carbocycles. The Bertz CT molecular complexity index is 615. The molecule has 6 heteroatoms. The van der Waals surface area contributed by atoms with E-state index >= 15 is 0 Å². The summed E-state index contributed by atoms with van der Waals surface area (Å²) < 4.78 is 2.16. The van der Waals surface area contributed by atoms with Gasteiger partial charge in [-0.3, -0.25) is 4.90 Å². The number of fused-ring (bicyclic) bond motifs is 1. The SMILES string of the molecule is CN(C)C(O)c1cc2cnc(N)nc2n1C1CCCC1. The van der Waals surface area contributed by atoms with Crippen LogP contribution in [0, 0.1) is 0 Å². The normalized spacial score (nSPS) is 18.2. The lowest BCUT2D eigenvalue weighted by atomic mass is 10.2. The number of hydrogen-bond acceptors (Lipinski definition) is 5. The van der Waals surface area contributed by atoms with E-state index in [4.69, 9.17) is 5.73 Å². The summed E-state index contributed by atoms with van der Waals surface area (Å²) in [6.45, 7) is 0. The van der Waals surface area contributed by atoms with E-state index in [1.54, 1.807) is 11.1 Å². The summed E-state index contributed by atoms with van der Waals surface area (Å²) in [4.78, 5) is 10.2. The number of aliphatic hydroxyl groups excluding tert-OH is 1. The summed E-state index contributed by atoms with van der Waals surface area (Å²) in [5.41, 5.74) is 7.43. The second kappa shape index (κ2) is 5.03. The van der Waals surface area contributed by atoms with Gasteiger partial charge < -0.3 is 15.4 Å². The van der Waals surface area contributed by atoms with Crippen molar-refractivity contribution in [3.05, 3.63) is 18.0 Å². The summed E-state index contributed by atoms with van der Waals surface area (Å²) in [6.07, 6.45) is 5.78. The number of nitrogens with two attached hydrogens (primary N) is 1. The van der Waals surface area contributed by atoms with Crippen molar-refractivity contribution in [1.29, 1.82) is 0 Å². The number of aromatic nitrogens is 3. The van der Waals surface area contributed by atoms with Crippen LogP contribution in [0.4, 0.5) is 5.95 Å². The Morgan fingerprint density at radius 2 is 2.10 bits per heavy atom. The van der Waals surface area contributed by atoms with Crippen molar-refractivity contribution in [2.24, 2.45) is 0 Å². The van der Waals surface area contributed by atoms with Crippen LogP contribution in [0.3, 0.4) is 0 Å². The maximum absolute atomic E-state index is 10.4. The van der Waals surface area contributed by atoms with E-state index in [-0.39, 0.29) is 5.95 Å². The first-order chi connectivity index (χ1) is 9.58. The Morgan fingerprint density at radius 3 is 2.75 bits per heavy atom. The van der Waals surface area contributed by atoms with Crippen LogP contribution < -0.4 is 5.73 Å². The smallest absolute Gasteiger partial charge is 0.221 e. The molecule has 108 valence electrons. The van der Waals surface area contributed by atoms with Crippen LogP contribution in [0.2, 0.25) is 0 Å². The molecule has 2 aromatic heterocycles. The molecule has 3 N–H and O–H groups in total. The zero-order valence-corrected chi connectivity index (χ0v) is 12.0. The Labute approximate surface area is 118 Å². The highest BCUT2D eigenvalue weighted by Crippen LogP contribution is 2.36. The third-order valence-corrected chi connectivity index (χ3v) is 4.07. The molecular formula is C14H21N5O. The zero-order valence-electron chi connectivity index (χ0n) is 12.0. The van der Waals surface area contributed by atoms with Gasteiger partial charge in [0.2, 0.25) is 5.95 Å². The van der Waals surface area contributed by atoms with Crippen molar-refractivity contribution in [1.82, 2.24) is 19.4 Å². The lowest BCUT2D eigenvalue weighted by molar-refractivity contribution is 0.0319. The molecule has 1 atom stereocenters. The van der Waals surface area contributed by atoms with E-state index in [1.165, 1.54) is 12.8 Å². The van der Waals surface area contributed by atoms with Gasteiger partial charge in [-0.25, -0.2) is 4.98 Å². The molecule has 0 spiro atoms. The molecule has 2 heterocycles. The second-order valence-corrected chi connectivity index (χ2v) is 5.72. The first-order valence-corrected chi connectivity index (χ1v) is 7.06. The molecule has 1 aliphatic rings. The minimum absolute atomic E-state index is 0.278. The topological polar surface area (TPSA) is 80.2 Å². The average molecular weight is 275 g/mol. The molecule has 0 amide bonds. The maximum atomic E-state index is 10.4. The first kappa shape index (κ1) is 13.3. The maximum Gasteiger partial charge on any atom is 0.221 e. The highest BCUT2D eigenvalue weighted by atomic mass is 16.3. The fourth-order valence-electron chi connectivity index (χ4n) is 3.05. The van der Waals surface area contributed by atoms with E-state index < -0.39 is 6.23 Å². The Hall–Kier alpha value is -1.66. The van der Waals surface area contributed by atoms with E-state index in [2.05, 4.69) is 14.5 Å². The van der Waals surface area contributed by atoms with Crippen LogP contribution in [0.25, 0.3) is 11.0 Å². The van der Waals surface area contributed by atoms with Gasteiger partial charge in [0, 0.05) is 17.6 Å².